The van der Waals surface area contributed by atoms with Crippen LogP contribution in [0.3, 0.4) is 0 Å². The van der Waals surface area contributed by atoms with Gasteiger partial charge < -0.3 is 26.8 Å². The number of hydrogen-bond acceptors (Lipinski definition) is 3. The smallest absolute Gasteiger partial charge is 0.244 e. The van der Waals surface area contributed by atoms with Gasteiger partial charge in [0.05, 0.1) is 0 Å². The molecule has 0 aromatic rings. The second-order valence-electron chi connectivity index (χ2n) is 5.34. The molecule has 0 unspecified atom stereocenters. The third kappa shape index (κ3) is 72.2. The SMILES string of the molecule is C.CC(C)(C)C.CCC(=O)NC[NH-].COCC(=O)NC[NH-].[Pt].[Pt]. The van der Waals surface area contributed by atoms with Gasteiger partial charge in [-0.3, -0.25) is 9.59 Å². The second kappa shape index (κ2) is 27.1. The van der Waals surface area contributed by atoms with E-state index in [2.05, 4.69) is 43.1 Å². The first-order chi connectivity index (χ1) is 9.12. The minimum Gasteiger partial charge on any atom is -0.660 e. The summed E-state index contributed by atoms with van der Waals surface area (Å²) in [5.74, 6) is -0.308. The van der Waals surface area contributed by atoms with E-state index in [-0.39, 0.29) is 81.3 Å². The Balaban J connectivity index is -0.0000000452. The molecule has 0 aliphatic rings. The van der Waals surface area contributed by atoms with Gasteiger partial charge in [0.2, 0.25) is 11.8 Å². The van der Waals surface area contributed by atoms with Crippen LogP contribution < -0.4 is 10.6 Å². The minimum absolute atomic E-state index is 0. The van der Waals surface area contributed by atoms with E-state index in [0.29, 0.717) is 11.8 Å². The number of methoxy groups -OCH3 is 1. The Kier molecular flexibility index (Phi) is 45.5. The zero-order valence-electron chi connectivity index (χ0n) is 14.2. The molecule has 0 rings (SSSR count). The summed E-state index contributed by atoms with van der Waals surface area (Å²) in [5.41, 5.74) is 13.5. The van der Waals surface area contributed by atoms with Crippen LogP contribution in [0.15, 0.2) is 0 Å². The Bertz CT molecular complexity index is 237. The molecule has 0 aromatic carbocycles. The maximum absolute atomic E-state index is 10.3. The molecule has 0 spiro atoms. The Morgan fingerprint density at radius 3 is 1.43 bits per heavy atom. The van der Waals surface area contributed by atoms with Gasteiger partial charge in [-0.05, 0) is 5.41 Å². The molecule has 0 saturated carbocycles. The van der Waals surface area contributed by atoms with Crippen LogP contribution in [0.2, 0.25) is 0 Å². The first kappa shape index (κ1) is 38.6. The average Bonchev–Trinajstić information content (AvgIpc) is 2.28. The van der Waals surface area contributed by atoms with Gasteiger partial charge in [0.25, 0.3) is 0 Å². The van der Waals surface area contributed by atoms with E-state index >= 15 is 0 Å². The van der Waals surface area contributed by atoms with Crippen LogP contribution in [0.25, 0.3) is 11.5 Å². The molecule has 0 heterocycles. The number of ether oxygens (including phenoxy) is 1. The topological polar surface area (TPSA) is 115 Å². The molecular weight excluding hydrogens is 662 g/mol. The van der Waals surface area contributed by atoms with Gasteiger partial charge >= 0.3 is 0 Å². The molecule has 0 atom stereocenters. The number of rotatable bonds is 5. The van der Waals surface area contributed by atoms with Crippen LogP contribution in [-0.4, -0.2) is 38.9 Å². The van der Waals surface area contributed by atoms with E-state index in [1.807, 2.05) is 0 Å². The third-order valence-electron chi connectivity index (χ3n) is 1.17. The Morgan fingerprint density at radius 2 is 1.26 bits per heavy atom. The zero-order chi connectivity index (χ0) is 16.6. The maximum Gasteiger partial charge on any atom is 0.244 e. The number of hydrogen-bond donors (Lipinski definition) is 2. The summed E-state index contributed by atoms with van der Waals surface area (Å²) in [6.45, 7) is 10.5. The van der Waals surface area contributed by atoms with Crippen molar-refractivity contribution < 1.29 is 56.5 Å². The first-order valence-corrected chi connectivity index (χ1v) is 6.43. The maximum atomic E-state index is 10.3. The summed E-state index contributed by atoms with van der Waals surface area (Å²) in [7, 11) is 1.43. The van der Waals surface area contributed by atoms with Crippen LogP contribution in [0.5, 0.6) is 0 Å². The summed E-state index contributed by atoms with van der Waals surface area (Å²) in [4.78, 5) is 20.5. The summed E-state index contributed by atoms with van der Waals surface area (Å²) in [6, 6.07) is 0. The number of carbonyl (C=O) groups is 2. The fourth-order valence-electron chi connectivity index (χ4n) is 0.504. The van der Waals surface area contributed by atoms with Crippen molar-refractivity contribution in [1.82, 2.24) is 10.6 Å². The van der Waals surface area contributed by atoms with E-state index in [0.717, 1.165) is 0 Å². The van der Waals surface area contributed by atoms with Crippen LogP contribution >= 0.6 is 0 Å². The van der Waals surface area contributed by atoms with E-state index < -0.39 is 0 Å². The molecule has 150 valence electrons. The van der Waals surface area contributed by atoms with Gasteiger partial charge in [-0.25, -0.2) is 0 Å². The van der Waals surface area contributed by atoms with Gasteiger partial charge in [0.15, 0.2) is 0 Å². The monoisotopic (exact) mass is 696 g/mol. The van der Waals surface area contributed by atoms with Gasteiger partial charge in [0, 0.05) is 55.7 Å². The molecule has 0 aliphatic carbocycles. The molecule has 0 saturated heterocycles. The third-order valence-corrected chi connectivity index (χ3v) is 1.17. The number of amides is 2. The van der Waals surface area contributed by atoms with Crippen molar-refractivity contribution in [3.63, 3.8) is 0 Å². The molecule has 7 nitrogen and oxygen atoms in total. The molecular formula is C14H34N4O3Pt2-2. The summed E-state index contributed by atoms with van der Waals surface area (Å²) >= 11 is 0. The normalized spacial score (nSPS) is 8.17. The van der Waals surface area contributed by atoms with Crippen molar-refractivity contribution in [3.05, 3.63) is 11.5 Å². The van der Waals surface area contributed by atoms with Crippen molar-refractivity contribution in [3.8, 4) is 0 Å². The fourth-order valence-corrected chi connectivity index (χ4v) is 0.504. The van der Waals surface area contributed by atoms with Gasteiger partial charge in [-0.1, -0.05) is 55.4 Å². The van der Waals surface area contributed by atoms with E-state index in [1.165, 1.54) is 7.11 Å². The van der Waals surface area contributed by atoms with Crippen LogP contribution in [-0.2, 0) is 56.5 Å². The Labute approximate surface area is 170 Å². The largest absolute Gasteiger partial charge is 0.660 e. The summed E-state index contributed by atoms with van der Waals surface area (Å²) in [5, 5.41) is 4.57. The first-order valence-electron chi connectivity index (χ1n) is 6.43. The van der Waals surface area contributed by atoms with Gasteiger partial charge in [0.1, 0.15) is 6.61 Å². The average molecular weight is 697 g/mol. The Hall–Kier alpha value is 0.197. The summed E-state index contributed by atoms with van der Waals surface area (Å²) < 4.78 is 4.46. The molecule has 0 fully saturated rings. The van der Waals surface area contributed by atoms with Crippen molar-refractivity contribution >= 4 is 11.8 Å². The predicted octanol–water partition coefficient (Wildman–Crippen LogP) is 2.96. The molecule has 0 bridgehead atoms. The summed E-state index contributed by atoms with van der Waals surface area (Å²) in [6.07, 6.45) is 0.471. The molecule has 0 aliphatic heterocycles. The van der Waals surface area contributed by atoms with E-state index in [1.54, 1.807) is 6.92 Å². The van der Waals surface area contributed by atoms with Crippen LogP contribution in [0.4, 0.5) is 0 Å². The second-order valence-corrected chi connectivity index (χ2v) is 5.34. The van der Waals surface area contributed by atoms with Crippen molar-refractivity contribution in [2.24, 2.45) is 5.41 Å². The molecule has 0 radical (unpaired) electrons. The van der Waals surface area contributed by atoms with Crippen molar-refractivity contribution in [2.75, 3.05) is 27.1 Å². The molecule has 23 heavy (non-hydrogen) atoms. The van der Waals surface area contributed by atoms with Crippen molar-refractivity contribution in [1.29, 1.82) is 0 Å². The number of nitrogens with one attached hydrogen (secondary N) is 4. The van der Waals surface area contributed by atoms with Gasteiger partial charge in [-0.15, -0.1) is 0 Å². The predicted molar refractivity (Wildman–Crippen MR) is 88.7 cm³/mol. The zero-order valence-corrected chi connectivity index (χ0v) is 18.7. The fraction of sp³-hybridized carbons (Fsp3) is 0.857. The molecule has 9 heteroatoms. The van der Waals surface area contributed by atoms with Crippen molar-refractivity contribution in [2.45, 2.75) is 48.5 Å². The number of carbonyl (C=O) groups excluding carboxylic acids is 2. The van der Waals surface area contributed by atoms with E-state index in [9.17, 15) is 9.59 Å². The quantitative estimate of drug-likeness (QED) is 0.461. The molecule has 0 aromatic heterocycles. The van der Waals surface area contributed by atoms with E-state index in [4.69, 9.17) is 11.5 Å². The minimum atomic E-state index is -0.248. The molecule has 4 N–H and O–H groups in total. The standard InChI is InChI=1S/C5H12.C4H9N2O2.C4H9N2O.CH4.2Pt/c1-5(2,3)4;1-8-2-4(7)6-3-5;1-2-4(7)6-3-5;;;/h1-4H3;5H,2-3H2,1H3,(H,6,7);5H,2-3H2,1H3,(H,6,7);1H4;;/q;2*-1;;;. The Morgan fingerprint density at radius 1 is 0.957 bits per heavy atom. The molecule has 2 amide bonds. The van der Waals surface area contributed by atoms with Crippen LogP contribution in [0.1, 0.15) is 48.5 Å². The van der Waals surface area contributed by atoms with Crippen LogP contribution in [0, 0.1) is 5.41 Å². The van der Waals surface area contributed by atoms with Gasteiger partial charge in [-0.2, -0.15) is 0 Å².